The number of carbonyl (C=O) groups excluding carboxylic acids is 1. The number of nitrogens with zero attached hydrogens (tertiary/aromatic N) is 1. The Hall–Kier alpha value is -2.15. The minimum absolute atomic E-state index is 0.0243. The lowest BCUT2D eigenvalue weighted by Crippen LogP contribution is -2.43. The van der Waals surface area contributed by atoms with Crippen LogP contribution in [0.15, 0.2) is 18.2 Å². The second-order valence-electron chi connectivity index (χ2n) is 6.27. The van der Waals surface area contributed by atoms with E-state index < -0.39 is 17.8 Å². The van der Waals surface area contributed by atoms with E-state index in [0.29, 0.717) is 25.9 Å². The van der Waals surface area contributed by atoms with E-state index in [0.717, 1.165) is 0 Å². The van der Waals surface area contributed by atoms with E-state index in [1.54, 1.807) is 24.8 Å². The van der Waals surface area contributed by atoms with Crippen LogP contribution < -0.4 is 10.5 Å². The number of ether oxygens (including phenoxy) is 1. The number of amides is 1. The van der Waals surface area contributed by atoms with Crippen molar-refractivity contribution in [3.63, 3.8) is 0 Å². The first-order valence-electron chi connectivity index (χ1n) is 8.02. The number of benzene rings is 1. The topological polar surface area (TPSA) is 92.9 Å². The summed E-state index contributed by atoms with van der Waals surface area (Å²) in [6.45, 7) is 4.31. The molecule has 1 heterocycles. The molecule has 1 aliphatic heterocycles. The minimum Gasteiger partial charge on any atom is -0.491 e. The molecule has 0 unspecified atom stereocenters. The summed E-state index contributed by atoms with van der Waals surface area (Å²) in [7, 11) is 0. The van der Waals surface area contributed by atoms with Crippen molar-refractivity contribution < 1.29 is 23.8 Å². The third kappa shape index (κ3) is 4.03. The van der Waals surface area contributed by atoms with Crippen molar-refractivity contribution in [1.29, 1.82) is 0 Å². The molecular formula is C17H23FN2O4. The molecule has 3 N–H and O–H groups in total. The number of hydrogen-bond acceptors (Lipinski definition) is 4. The first kappa shape index (κ1) is 18.2. The van der Waals surface area contributed by atoms with Crippen LogP contribution in [-0.4, -0.2) is 41.1 Å². The summed E-state index contributed by atoms with van der Waals surface area (Å²) in [4.78, 5) is 24.8. The molecule has 1 atom stereocenters. The highest BCUT2D eigenvalue weighted by molar-refractivity contribution is 5.78. The number of hydrogen-bond donors (Lipinski definition) is 2. The number of piperidine rings is 1. The van der Waals surface area contributed by atoms with E-state index in [4.69, 9.17) is 10.5 Å². The van der Waals surface area contributed by atoms with Crippen LogP contribution >= 0.6 is 0 Å². The fourth-order valence-corrected chi connectivity index (χ4v) is 3.04. The molecule has 1 aromatic carbocycles. The largest absolute Gasteiger partial charge is 0.491 e. The number of rotatable bonds is 6. The van der Waals surface area contributed by atoms with Crippen molar-refractivity contribution in [2.75, 3.05) is 13.1 Å². The average molecular weight is 338 g/mol. The summed E-state index contributed by atoms with van der Waals surface area (Å²) in [5.41, 5.74) is 5.33. The second-order valence-corrected chi connectivity index (χ2v) is 6.27. The Morgan fingerprint density at radius 3 is 2.46 bits per heavy atom. The fourth-order valence-electron chi connectivity index (χ4n) is 3.04. The van der Waals surface area contributed by atoms with Crippen molar-refractivity contribution in [3.05, 3.63) is 29.6 Å². The highest BCUT2D eigenvalue weighted by Crippen LogP contribution is 2.35. The predicted octanol–water partition coefficient (Wildman–Crippen LogP) is 1.94. The monoisotopic (exact) mass is 338 g/mol. The smallest absolute Gasteiger partial charge is 0.325 e. The Morgan fingerprint density at radius 1 is 1.33 bits per heavy atom. The molecule has 1 amide bonds. The van der Waals surface area contributed by atoms with Gasteiger partial charge >= 0.3 is 5.97 Å². The maximum Gasteiger partial charge on any atom is 0.325 e. The zero-order chi connectivity index (χ0) is 17.9. The van der Waals surface area contributed by atoms with E-state index in [1.807, 2.05) is 0 Å². The Bertz CT molecular complexity index is 613. The van der Waals surface area contributed by atoms with Crippen LogP contribution in [0.2, 0.25) is 0 Å². The van der Waals surface area contributed by atoms with Crippen LogP contribution in [-0.2, 0) is 9.59 Å². The van der Waals surface area contributed by atoms with Crippen molar-refractivity contribution >= 4 is 11.9 Å². The molecule has 0 bridgehead atoms. The van der Waals surface area contributed by atoms with Crippen molar-refractivity contribution in [2.24, 2.45) is 11.7 Å². The van der Waals surface area contributed by atoms with Gasteiger partial charge in [0.1, 0.15) is 17.6 Å². The number of carbonyl (C=O) groups is 2. The van der Waals surface area contributed by atoms with Gasteiger partial charge in [-0.05, 0) is 38.8 Å². The lowest BCUT2D eigenvalue weighted by atomic mass is 9.93. The predicted molar refractivity (Wildman–Crippen MR) is 86.0 cm³/mol. The van der Waals surface area contributed by atoms with Crippen molar-refractivity contribution in [3.8, 4) is 5.75 Å². The molecule has 0 radical (unpaired) electrons. The zero-order valence-electron chi connectivity index (χ0n) is 13.9. The van der Waals surface area contributed by atoms with E-state index >= 15 is 0 Å². The van der Waals surface area contributed by atoms with Gasteiger partial charge in [-0.2, -0.15) is 0 Å². The fraction of sp³-hybridized carbons (Fsp3) is 0.529. The van der Waals surface area contributed by atoms with Gasteiger partial charge in [0, 0.05) is 19.0 Å². The third-order valence-corrected chi connectivity index (χ3v) is 4.18. The summed E-state index contributed by atoms with van der Waals surface area (Å²) in [5, 5.41) is 9.68. The normalized spacial score (nSPS) is 17.7. The van der Waals surface area contributed by atoms with Gasteiger partial charge in [0.2, 0.25) is 5.91 Å². The first-order valence-corrected chi connectivity index (χ1v) is 8.02. The van der Waals surface area contributed by atoms with Crippen molar-refractivity contribution in [2.45, 2.75) is 38.8 Å². The molecule has 0 spiro atoms. The maximum absolute atomic E-state index is 14.4. The molecule has 6 nitrogen and oxygen atoms in total. The number of carboxylic acid groups (broad SMARTS) is 1. The van der Waals surface area contributed by atoms with Crippen LogP contribution in [0.5, 0.6) is 5.75 Å². The molecule has 7 heteroatoms. The standard InChI is InChI=1S/C17H23FN2O4/c1-10(2)24-13-5-3-4-12(18)14(13)15(17(22)23)20-8-6-11(7-9-20)16(19)21/h3-5,10-11,15H,6-9H2,1-2H3,(H2,19,21)(H,22,23)/t15-/m1/s1. The van der Waals surface area contributed by atoms with Gasteiger partial charge in [0.05, 0.1) is 11.7 Å². The zero-order valence-corrected chi connectivity index (χ0v) is 13.9. The van der Waals surface area contributed by atoms with Crippen LogP contribution in [0, 0.1) is 11.7 Å². The second kappa shape index (κ2) is 7.61. The lowest BCUT2D eigenvalue weighted by molar-refractivity contribution is -0.144. The van der Waals surface area contributed by atoms with Crippen LogP contribution in [0.25, 0.3) is 0 Å². The van der Waals surface area contributed by atoms with Gasteiger partial charge in [0.15, 0.2) is 0 Å². The molecule has 0 saturated carbocycles. The summed E-state index contributed by atoms with van der Waals surface area (Å²) < 4.78 is 20.0. The van der Waals surface area contributed by atoms with Crippen LogP contribution in [0.1, 0.15) is 38.3 Å². The Morgan fingerprint density at radius 2 is 1.96 bits per heavy atom. The number of carboxylic acids is 1. The average Bonchev–Trinajstić information content (AvgIpc) is 2.50. The van der Waals surface area contributed by atoms with E-state index in [1.165, 1.54) is 12.1 Å². The lowest BCUT2D eigenvalue weighted by Gasteiger charge is -2.35. The maximum atomic E-state index is 14.4. The molecule has 132 valence electrons. The highest BCUT2D eigenvalue weighted by Gasteiger charge is 2.36. The molecular weight excluding hydrogens is 315 g/mol. The Kier molecular flexibility index (Phi) is 5.77. The van der Waals surface area contributed by atoms with Crippen molar-refractivity contribution in [1.82, 2.24) is 4.90 Å². The number of halogens is 1. The quantitative estimate of drug-likeness (QED) is 0.827. The molecule has 0 aliphatic carbocycles. The number of likely N-dealkylation sites (tertiary alicyclic amines) is 1. The van der Waals surface area contributed by atoms with Gasteiger partial charge in [0.25, 0.3) is 0 Å². The van der Waals surface area contributed by atoms with E-state index in [-0.39, 0.29) is 29.2 Å². The summed E-state index contributed by atoms with van der Waals surface area (Å²) in [6.07, 6.45) is 0.725. The van der Waals surface area contributed by atoms with Gasteiger partial charge in [-0.15, -0.1) is 0 Å². The highest BCUT2D eigenvalue weighted by atomic mass is 19.1. The Labute approximate surface area is 140 Å². The SMILES string of the molecule is CC(C)Oc1cccc(F)c1[C@H](C(=O)O)N1CCC(C(N)=O)CC1. The molecule has 2 rings (SSSR count). The van der Waals surface area contributed by atoms with E-state index in [9.17, 15) is 19.1 Å². The molecule has 0 aromatic heterocycles. The summed E-state index contributed by atoms with van der Waals surface area (Å²) >= 11 is 0. The summed E-state index contributed by atoms with van der Waals surface area (Å²) in [6, 6.07) is 3.14. The molecule has 24 heavy (non-hydrogen) atoms. The molecule has 1 aliphatic rings. The minimum atomic E-state index is -1.16. The molecule has 1 aromatic rings. The van der Waals surface area contributed by atoms with Gasteiger partial charge < -0.3 is 15.6 Å². The van der Waals surface area contributed by atoms with Gasteiger partial charge in [-0.25, -0.2) is 4.39 Å². The number of aliphatic carboxylic acids is 1. The van der Waals surface area contributed by atoms with Gasteiger partial charge in [-0.3, -0.25) is 14.5 Å². The van der Waals surface area contributed by atoms with E-state index in [2.05, 4.69) is 0 Å². The van der Waals surface area contributed by atoms with Gasteiger partial charge in [-0.1, -0.05) is 6.07 Å². The molecule has 1 fully saturated rings. The molecule has 1 saturated heterocycles. The van der Waals surface area contributed by atoms with Crippen LogP contribution in [0.3, 0.4) is 0 Å². The summed E-state index contributed by atoms with van der Waals surface area (Å²) in [5.74, 6) is -2.17. The number of nitrogens with two attached hydrogens (primary N) is 1. The Balaban J connectivity index is 2.32. The van der Waals surface area contributed by atoms with Crippen LogP contribution in [0.4, 0.5) is 4.39 Å². The number of primary amides is 1. The first-order chi connectivity index (χ1) is 11.3. The third-order valence-electron chi connectivity index (χ3n) is 4.18.